The number of anilines is 1. The van der Waals surface area contributed by atoms with Crippen molar-refractivity contribution < 1.29 is 19.1 Å². The minimum absolute atomic E-state index is 0.111. The lowest BCUT2D eigenvalue weighted by atomic mass is 10.2. The van der Waals surface area contributed by atoms with E-state index in [9.17, 15) is 14.4 Å². The smallest absolute Gasteiger partial charge is 0.407 e. The number of ether oxygens (including phenoxy) is 1. The van der Waals surface area contributed by atoms with Crippen LogP contribution in [0.1, 0.15) is 33.6 Å². The second-order valence-electron chi connectivity index (χ2n) is 6.34. The zero-order valence-corrected chi connectivity index (χ0v) is 16.2. The average molecular weight is 414 g/mol. The van der Waals surface area contributed by atoms with E-state index >= 15 is 0 Å². The Morgan fingerprint density at radius 3 is 2.40 bits per heavy atom. The molecule has 25 heavy (non-hydrogen) atoms. The van der Waals surface area contributed by atoms with Crippen LogP contribution in [0, 0.1) is 0 Å². The molecule has 0 aliphatic rings. The lowest BCUT2D eigenvalue weighted by Gasteiger charge is -2.19. The number of carbonyl (C=O) groups excluding carboxylic acids is 3. The van der Waals surface area contributed by atoms with Crippen molar-refractivity contribution in [2.75, 3.05) is 18.4 Å². The normalized spacial score (nSPS) is 10.7. The predicted molar refractivity (Wildman–Crippen MR) is 99.3 cm³/mol. The summed E-state index contributed by atoms with van der Waals surface area (Å²) in [5, 5.41) is 7.81. The van der Waals surface area contributed by atoms with Gasteiger partial charge >= 0.3 is 6.09 Å². The minimum atomic E-state index is -0.553. The molecule has 0 fully saturated rings. The average Bonchev–Trinajstić information content (AvgIpc) is 2.50. The molecule has 0 radical (unpaired) electrons. The molecule has 0 saturated heterocycles. The Hall–Kier alpha value is -2.09. The molecule has 0 spiro atoms. The summed E-state index contributed by atoms with van der Waals surface area (Å²) in [6.07, 6.45) is 0.149. The van der Waals surface area contributed by atoms with Gasteiger partial charge in [-0.1, -0.05) is 12.1 Å². The van der Waals surface area contributed by atoms with Crippen LogP contribution in [0.5, 0.6) is 0 Å². The van der Waals surface area contributed by atoms with Crippen molar-refractivity contribution in [1.82, 2.24) is 10.6 Å². The molecule has 1 rings (SSSR count). The lowest BCUT2D eigenvalue weighted by Crippen LogP contribution is -2.35. The fourth-order valence-electron chi connectivity index (χ4n) is 1.78. The lowest BCUT2D eigenvalue weighted by molar-refractivity contribution is -0.124. The molecule has 0 unspecified atom stereocenters. The molecule has 3 amide bonds. The van der Waals surface area contributed by atoms with E-state index in [1.165, 1.54) is 0 Å². The van der Waals surface area contributed by atoms with E-state index < -0.39 is 11.7 Å². The first kappa shape index (κ1) is 21.0. The Kier molecular flexibility index (Phi) is 8.40. The van der Waals surface area contributed by atoms with E-state index in [2.05, 4.69) is 31.9 Å². The summed E-state index contributed by atoms with van der Waals surface area (Å²) in [5.74, 6) is -0.569. The number of hydrogen-bond acceptors (Lipinski definition) is 4. The number of alkyl carbamates (subject to hydrolysis) is 1. The Morgan fingerprint density at radius 2 is 1.76 bits per heavy atom. The number of rotatable bonds is 7. The van der Waals surface area contributed by atoms with Gasteiger partial charge in [0.05, 0.1) is 12.2 Å². The first-order chi connectivity index (χ1) is 11.7. The maximum absolute atomic E-state index is 11.8. The van der Waals surface area contributed by atoms with Gasteiger partial charge in [0, 0.05) is 17.4 Å². The Labute approximate surface area is 156 Å². The maximum atomic E-state index is 11.8. The fraction of sp³-hybridized carbons (Fsp3) is 0.471. The number of para-hydroxylation sites is 1. The highest BCUT2D eigenvalue weighted by molar-refractivity contribution is 9.10. The quantitative estimate of drug-likeness (QED) is 0.598. The van der Waals surface area contributed by atoms with Crippen molar-refractivity contribution >= 4 is 39.5 Å². The SMILES string of the molecule is CC(C)(C)OC(=O)NCCCC(=O)NCC(=O)Nc1ccccc1Br. The van der Waals surface area contributed by atoms with Gasteiger partial charge in [0.15, 0.2) is 0 Å². The maximum Gasteiger partial charge on any atom is 0.407 e. The molecule has 0 aliphatic heterocycles. The molecule has 7 nitrogen and oxygen atoms in total. The monoisotopic (exact) mass is 413 g/mol. The van der Waals surface area contributed by atoms with Crippen molar-refractivity contribution in [1.29, 1.82) is 0 Å². The summed E-state index contributed by atoms with van der Waals surface area (Å²) in [6.45, 7) is 5.54. The minimum Gasteiger partial charge on any atom is -0.444 e. The third-order valence-corrected chi connectivity index (χ3v) is 3.53. The van der Waals surface area contributed by atoms with Crippen LogP contribution in [-0.4, -0.2) is 36.6 Å². The van der Waals surface area contributed by atoms with Crippen LogP contribution >= 0.6 is 15.9 Å². The van der Waals surface area contributed by atoms with Crippen LogP contribution in [-0.2, 0) is 14.3 Å². The summed E-state index contributed by atoms with van der Waals surface area (Å²) >= 11 is 3.33. The molecule has 1 aromatic carbocycles. The largest absolute Gasteiger partial charge is 0.444 e. The van der Waals surface area contributed by atoms with Gasteiger partial charge in [-0.25, -0.2) is 4.79 Å². The van der Waals surface area contributed by atoms with Crippen molar-refractivity contribution in [3.8, 4) is 0 Å². The number of halogens is 1. The molecule has 138 valence electrons. The molecule has 0 heterocycles. The second kappa shape index (κ2) is 10.0. The molecule has 0 saturated carbocycles. The van der Waals surface area contributed by atoms with Gasteiger partial charge in [-0.2, -0.15) is 0 Å². The molecule has 3 N–H and O–H groups in total. The number of benzene rings is 1. The van der Waals surface area contributed by atoms with Gasteiger partial charge in [0.1, 0.15) is 5.60 Å². The zero-order valence-electron chi connectivity index (χ0n) is 14.6. The van der Waals surface area contributed by atoms with E-state index in [1.54, 1.807) is 32.9 Å². The summed E-state index contributed by atoms with van der Waals surface area (Å²) in [5.41, 5.74) is 0.0889. The van der Waals surface area contributed by atoms with E-state index in [4.69, 9.17) is 4.74 Å². The Morgan fingerprint density at radius 1 is 1.08 bits per heavy atom. The molecule has 0 atom stereocenters. The van der Waals surface area contributed by atoms with Crippen molar-refractivity contribution in [3.63, 3.8) is 0 Å². The van der Waals surface area contributed by atoms with Crippen molar-refractivity contribution in [2.24, 2.45) is 0 Å². The third kappa shape index (κ3) is 9.71. The van der Waals surface area contributed by atoms with E-state index in [0.29, 0.717) is 18.7 Å². The van der Waals surface area contributed by atoms with Crippen LogP contribution in [0.15, 0.2) is 28.7 Å². The van der Waals surface area contributed by atoms with Crippen LogP contribution in [0.4, 0.5) is 10.5 Å². The van der Waals surface area contributed by atoms with Crippen LogP contribution in [0.2, 0.25) is 0 Å². The summed E-state index contributed by atoms with van der Waals surface area (Å²) in [4.78, 5) is 34.9. The molecule has 1 aromatic rings. The number of nitrogens with one attached hydrogen (secondary N) is 3. The molecule has 0 bridgehead atoms. The highest BCUT2D eigenvalue weighted by Crippen LogP contribution is 2.20. The van der Waals surface area contributed by atoms with E-state index in [0.717, 1.165) is 4.47 Å². The zero-order chi connectivity index (χ0) is 18.9. The first-order valence-corrected chi connectivity index (χ1v) is 8.74. The van der Waals surface area contributed by atoms with Crippen molar-refractivity contribution in [2.45, 2.75) is 39.2 Å². The van der Waals surface area contributed by atoms with Gasteiger partial charge in [0.25, 0.3) is 0 Å². The second-order valence-corrected chi connectivity index (χ2v) is 7.19. The highest BCUT2D eigenvalue weighted by atomic mass is 79.9. The van der Waals surface area contributed by atoms with Crippen LogP contribution in [0.25, 0.3) is 0 Å². The highest BCUT2D eigenvalue weighted by Gasteiger charge is 2.15. The third-order valence-electron chi connectivity index (χ3n) is 2.84. The molecule has 8 heteroatoms. The number of hydrogen-bond donors (Lipinski definition) is 3. The summed E-state index contributed by atoms with van der Waals surface area (Å²) in [6, 6.07) is 7.21. The van der Waals surface area contributed by atoms with Gasteiger partial charge in [-0.05, 0) is 55.3 Å². The van der Waals surface area contributed by atoms with E-state index in [-0.39, 0.29) is 24.8 Å². The first-order valence-electron chi connectivity index (χ1n) is 7.95. The van der Waals surface area contributed by atoms with Gasteiger partial charge in [0.2, 0.25) is 11.8 Å². The Bertz CT molecular complexity index is 614. The molecular weight excluding hydrogens is 390 g/mol. The van der Waals surface area contributed by atoms with Gasteiger partial charge < -0.3 is 20.7 Å². The standard InChI is InChI=1S/C17H24BrN3O4/c1-17(2,3)25-16(24)19-10-6-9-14(22)20-11-15(23)21-13-8-5-4-7-12(13)18/h4-5,7-8H,6,9-11H2,1-3H3,(H,19,24)(H,20,22)(H,21,23). The molecule has 0 aliphatic carbocycles. The van der Waals surface area contributed by atoms with Crippen LogP contribution < -0.4 is 16.0 Å². The van der Waals surface area contributed by atoms with Crippen molar-refractivity contribution in [3.05, 3.63) is 28.7 Å². The van der Waals surface area contributed by atoms with Crippen LogP contribution in [0.3, 0.4) is 0 Å². The molecule has 0 aromatic heterocycles. The topological polar surface area (TPSA) is 96.5 Å². The number of amides is 3. The van der Waals surface area contributed by atoms with E-state index in [1.807, 2.05) is 12.1 Å². The summed E-state index contributed by atoms with van der Waals surface area (Å²) < 4.78 is 5.85. The molecular formula is C17H24BrN3O4. The Balaban J connectivity index is 2.17. The van der Waals surface area contributed by atoms with Gasteiger partial charge in [-0.3, -0.25) is 9.59 Å². The fourth-order valence-corrected chi connectivity index (χ4v) is 2.16. The number of carbonyl (C=O) groups is 3. The van der Waals surface area contributed by atoms with Gasteiger partial charge in [-0.15, -0.1) is 0 Å². The summed E-state index contributed by atoms with van der Waals surface area (Å²) in [7, 11) is 0. The predicted octanol–water partition coefficient (Wildman–Crippen LogP) is 2.81.